The number of ether oxygens (including phenoxy) is 1. The van der Waals surface area contributed by atoms with Gasteiger partial charge >= 0.3 is 5.97 Å². The van der Waals surface area contributed by atoms with Gasteiger partial charge in [0.15, 0.2) is 0 Å². The third kappa shape index (κ3) is 3.55. The van der Waals surface area contributed by atoms with Crippen LogP contribution in [0.1, 0.15) is 13.8 Å². The minimum absolute atomic E-state index is 0.152. The number of benzene rings is 1. The highest BCUT2D eigenvalue weighted by Gasteiger charge is 2.30. The molecule has 2 rings (SSSR count). The lowest BCUT2D eigenvalue weighted by atomic mass is 10.0. The molecule has 0 saturated carbocycles. The molecule has 1 amide bonds. The van der Waals surface area contributed by atoms with Crippen molar-refractivity contribution in [1.82, 2.24) is 0 Å². The van der Waals surface area contributed by atoms with Crippen LogP contribution in [0.25, 0.3) is 0 Å². The van der Waals surface area contributed by atoms with Crippen LogP contribution in [-0.4, -0.2) is 29.6 Å². The minimum Gasteiger partial charge on any atom is -0.486 e. The molecule has 6 heteroatoms. The zero-order chi connectivity index (χ0) is 15.6. The van der Waals surface area contributed by atoms with Crippen molar-refractivity contribution in [2.75, 3.05) is 11.4 Å². The van der Waals surface area contributed by atoms with Crippen molar-refractivity contribution in [3.63, 3.8) is 0 Å². The molecule has 0 spiro atoms. The van der Waals surface area contributed by atoms with Gasteiger partial charge in [0.1, 0.15) is 11.9 Å². The number of hydrogen-bond acceptors (Lipinski definition) is 3. The van der Waals surface area contributed by atoms with Crippen LogP contribution in [0, 0.1) is 5.92 Å². The fourth-order valence-electron chi connectivity index (χ4n) is 2.07. The summed E-state index contributed by atoms with van der Waals surface area (Å²) in [4.78, 5) is 24.3. The maximum atomic E-state index is 12.2. The van der Waals surface area contributed by atoms with Gasteiger partial charge in [0.05, 0.1) is 12.2 Å². The molecule has 5 nitrogen and oxygen atoms in total. The van der Waals surface area contributed by atoms with Gasteiger partial charge in [0, 0.05) is 17.2 Å². The van der Waals surface area contributed by atoms with Gasteiger partial charge in [-0.3, -0.25) is 4.79 Å². The van der Waals surface area contributed by atoms with Gasteiger partial charge in [-0.2, -0.15) is 0 Å². The van der Waals surface area contributed by atoms with E-state index in [0.29, 0.717) is 23.0 Å². The van der Waals surface area contributed by atoms with Crippen molar-refractivity contribution in [3.8, 4) is 5.75 Å². The van der Waals surface area contributed by atoms with E-state index in [2.05, 4.69) is 0 Å². The zero-order valence-electron chi connectivity index (χ0n) is 11.7. The van der Waals surface area contributed by atoms with Crippen molar-refractivity contribution < 1.29 is 19.4 Å². The van der Waals surface area contributed by atoms with Crippen LogP contribution < -0.4 is 9.64 Å². The molecule has 0 fully saturated rings. The highest BCUT2D eigenvalue weighted by molar-refractivity contribution is 6.31. The number of aliphatic carboxylic acids is 1. The van der Waals surface area contributed by atoms with Crippen LogP contribution in [0.4, 0.5) is 5.69 Å². The number of carboxylic acid groups (broad SMARTS) is 1. The highest BCUT2D eigenvalue weighted by atomic mass is 35.5. The van der Waals surface area contributed by atoms with Gasteiger partial charge in [-0.05, 0) is 24.1 Å². The van der Waals surface area contributed by atoms with E-state index in [0.717, 1.165) is 12.2 Å². The third-order valence-electron chi connectivity index (χ3n) is 3.23. The van der Waals surface area contributed by atoms with E-state index >= 15 is 0 Å². The number of hydrogen-bond donors (Lipinski definition) is 1. The number of fused-ring (bicyclic) bond motifs is 1. The topological polar surface area (TPSA) is 66.8 Å². The highest BCUT2D eigenvalue weighted by Crippen LogP contribution is 2.37. The van der Waals surface area contributed by atoms with Crippen LogP contribution in [0.3, 0.4) is 0 Å². The maximum absolute atomic E-state index is 12.2. The molecule has 1 aromatic carbocycles. The largest absolute Gasteiger partial charge is 0.486 e. The normalized spacial score (nSPS) is 17.7. The van der Waals surface area contributed by atoms with Crippen LogP contribution >= 0.6 is 11.6 Å². The van der Waals surface area contributed by atoms with E-state index in [-0.39, 0.29) is 12.0 Å². The van der Waals surface area contributed by atoms with Crippen molar-refractivity contribution >= 4 is 29.2 Å². The monoisotopic (exact) mass is 309 g/mol. The van der Waals surface area contributed by atoms with Gasteiger partial charge in [0.2, 0.25) is 0 Å². The zero-order valence-corrected chi connectivity index (χ0v) is 12.5. The molecule has 1 aromatic rings. The Morgan fingerprint density at radius 3 is 2.76 bits per heavy atom. The first-order valence-electron chi connectivity index (χ1n) is 6.57. The molecule has 1 aliphatic heterocycles. The third-order valence-corrected chi connectivity index (χ3v) is 3.47. The summed E-state index contributed by atoms with van der Waals surface area (Å²) in [6, 6.07) is 5.05. The number of carbonyl (C=O) groups is 2. The molecule has 1 heterocycles. The molecule has 0 aliphatic carbocycles. The Morgan fingerprint density at radius 1 is 1.43 bits per heavy atom. The van der Waals surface area contributed by atoms with Gasteiger partial charge in [-0.25, -0.2) is 4.79 Å². The first kappa shape index (κ1) is 15.4. The second-order valence-corrected chi connectivity index (χ2v) is 5.57. The molecule has 1 unspecified atom stereocenters. The van der Waals surface area contributed by atoms with E-state index in [1.165, 1.54) is 4.90 Å². The van der Waals surface area contributed by atoms with Crippen molar-refractivity contribution in [2.24, 2.45) is 5.92 Å². The molecule has 21 heavy (non-hydrogen) atoms. The summed E-state index contributed by atoms with van der Waals surface area (Å²) in [5, 5.41) is 9.12. The predicted molar refractivity (Wildman–Crippen MR) is 79.8 cm³/mol. The fraction of sp³-hybridized carbons (Fsp3) is 0.333. The number of halogens is 1. The maximum Gasteiger partial charge on any atom is 0.328 e. The Hall–Kier alpha value is -2.01. The molecular formula is C15H16ClNO4. The summed E-state index contributed by atoms with van der Waals surface area (Å²) >= 11 is 5.97. The fourth-order valence-corrected chi connectivity index (χ4v) is 2.23. The van der Waals surface area contributed by atoms with Gasteiger partial charge in [-0.1, -0.05) is 25.4 Å². The Labute approximate surface area is 127 Å². The lowest BCUT2D eigenvalue weighted by Gasteiger charge is -2.36. The number of nitrogens with zero attached hydrogens (tertiary/aromatic N) is 1. The van der Waals surface area contributed by atoms with Crippen LogP contribution in [0.2, 0.25) is 5.02 Å². The summed E-state index contributed by atoms with van der Waals surface area (Å²) in [7, 11) is 0. The Bertz CT molecular complexity index is 597. The smallest absolute Gasteiger partial charge is 0.328 e. The molecule has 1 atom stereocenters. The summed E-state index contributed by atoms with van der Waals surface area (Å²) in [6.07, 6.45) is 1.71. The van der Waals surface area contributed by atoms with E-state index in [9.17, 15) is 9.59 Å². The molecule has 0 bridgehead atoms. The van der Waals surface area contributed by atoms with Crippen molar-refractivity contribution in [2.45, 2.75) is 20.0 Å². The first-order chi connectivity index (χ1) is 9.88. The number of rotatable bonds is 3. The average Bonchev–Trinajstić information content (AvgIpc) is 2.43. The second kappa shape index (κ2) is 6.18. The second-order valence-electron chi connectivity index (χ2n) is 5.13. The van der Waals surface area contributed by atoms with Gasteiger partial charge in [0.25, 0.3) is 5.91 Å². The summed E-state index contributed by atoms with van der Waals surface area (Å²) < 4.78 is 5.86. The molecule has 0 radical (unpaired) electrons. The van der Waals surface area contributed by atoms with Crippen molar-refractivity contribution in [3.05, 3.63) is 35.4 Å². The number of anilines is 1. The Balaban J connectivity index is 2.37. The predicted octanol–water partition coefficient (Wildman–Crippen LogP) is 2.73. The average molecular weight is 310 g/mol. The minimum atomic E-state index is -1.16. The number of carboxylic acids is 1. The molecular weight excluding hydrogens is 294 g/mol. The van der Waals surface area contributed by atoms with E-state index in [4.69, 9.17) is 21.4 Å². The molecule has 112 valence electrons. The van der Waals surface area contributed by atoms with E-state index < -0.39 is 11.9 Å². The standard InChI is InChI=1S/C15H16ClNO4/c1-9(2)13-8-17(14(18)5-6-15(19)20)11-7-10(16)3-4-12(11)21-13/h3-7,9,13H,8H2,1-2H3,(H,19,20). The Kier molecular flexibility index (Phi) is 4.53. The summed E-state index contributed by atoms with van der Waals surface area (Å²) in [5.74, 6) is -0.785. The molecule has 0 aromatic heterocycles. The van der Waals surface area contributed by atoms with Crippen molar-refractivity contribution in [1.29, 1.82) is 0 Å². The van der Waals surface area contributed by atoms with Gasteiger partial charge < -0.3 is 14.7 Å². The first-order valence-corrected chi connectivity index (χ1v) is 6.95. The van der Waals surface area contributed by atoms with Crippen LogP contribution in [-0.2, 0) is 9.59 Å². The van der Waals surface area contributed by atoms with E-state index in [1.54, 1.807) is 18.2 Å². The van der Waals surface area contributed by atoms with Crippen LogP contribution in [0.15, 0.2) is 30.4 Å². The number of amides is 1. The summed E-state index contributed by atoms with van der Waals surface area (Å²) in [6.45, 7) is 4.36. The quantitative estimate of drug-likeness (QED) is 0.872. The van der Waals surface area contributed by atoms with E-state index in [1.807, 2.05) is 13.8 Å². The molecule has 1 aliphatic rings. The number of carbonyl (C=O) groups excluding carboxylic acids is 1. The molecule has 1 N–H and O–H groups in total. The van der Waals surface area contributed by atoms with Gasteiger partial charge in [-0.15, -0.1) is 0 Å². The summed E-state index contributed by atoms with van der Waals surface area (Å²) in [5.41, 5.74) is 0.555. The lowest BCUT2D eigenvalue weighted by molar-refractivity contribution is -0.131. The SMILES string of the molecule is CC(C)C1CN(C(=O)C=CC(=O)O)c2cc(Cl)ccc2O1. The molecule has 0 saturated heterocycles. The Morgan fingerprint density at radius 2 is 2.14 bits per heavy atom. The van der Waals surface area contributed by atoms with Crippen LogP contribution in [0.5, 0.6) is 5.75 Å². The lowest BCUT2D eigenvalue weighted by Crippen LogP contribution is -2.45.